The van der Waals surface area contributed by atoms with Crippen LogP contribution >= 0.6 is 0 Å². The molecule has 1 rings (SSSR count). The lowest BCUT2D eigenvalue weighted by Gasteiger charge is -2.18. The molecule has 0 fully saturated rings. The quantitative estimate of drug-likeness (QED) is 0.625. The second-order valence-corrected chi connectivity index (χ2v) is 3.13. The van der Waals surface area contributed by atoms with Gasteiger partial charge in [-0.25, -0.2) is 0 Å². The lowest BCUT2D eigenvalue weighted by molar-refractivity contribution is 0.310. The summed E-state index contributed by atoms with van der Waals surface area (Å²) in [6.07, 6.45) is 7.75. The third-order valence-electron chi connectivity index (χ3n) is 2.15. The molecule has 1 aliphatic rings. The molecule has 0 amide bonds. The first-order chi connectivity index (χ1) is 4.83. The Bertz CT molecular complexity index is 127. The van der Waals surface area contributed by atoms with E-state index in [1.807, 2.05) is 6.08 Å². The molecule has 0 aliphatic heterocycles. The van der Waals surface area contributed by atoms with Crippen LogP contribution in [0.1, 0.15) is 39.0 Å². The van der Waals surface area contributed by atoms with Gasteiger partial charge in [0.2, 0.25) is 0 Å². The molecule has 1 atom stereocenters. The van der Waals surface area contributed by atoms with Crippen molar-refractivity contribution in [3.05, 3.63) is 11.8 Å². The Hall–Kier alpha value is -0.460. The number of rotatable bonds is 2. The normalized spacial score (nSPS) is 26.1. The van der Waals surface area contributed by atoms with Crippen LogP contribution in [-0.2, 0) is 0 Å². The topological polar surface area (TPSA) is 20.2 Å². The van der Waals surface area contributed by atoms with E-state index in [1.165, 1.54) is 19.3 Å². The SMILES string of the molecule is CCCC1CCC=C(O)C1. The van der Waals surface area contributed by atoms with Crippen LogP contribution in [0, 0.1) is 5.92 Å². The van der Waals surface area contributed by atoms with Crippen LogP contribution in [0.15, 0.2) is 11.8 Å². The Labute approximate surface area is 62.8 Å². The monoisotopic (exact) mass is 140 g/mol. The molecule has 58 valence electrons. The fraction of sp³-hybridized carbons (Fsp3) is 0.778. The molecule has 1 N–H and O–H groups in total. The second kappa shape index (κ2) is 3.65. The fourth-order valence-corrected chi connectivity index (χ4v) is 1.62. The van der Waals surface area contributed by atoms with Crippen LogP contribution in [0.25, 0.3) is 0 Å². The van der Waals surface area contributed by atoms with E-state index < -0.39 is 0 Å². The molecule has 0 saturated heterocycles. The van der Waals surface area contributed by atoms with Gasteiger partial charge in [-0.15, -0.1) is 0 Å². The van der Waals surface area contributed by atoms with Crippen molar-refractivity contribution in [3.63, 3.8) is 0 Å². The average molecular weight is 140 g/mol. The summed E-state index contributed by atoms with van der Waals surface area (Å²) < 4.78 is 0. The lowest BCUT2D eigenvalue weighted by atomic mass is 9.89. The predicted molar refractivity (Wildman–Crippen MR) is 43.0 cm³/mol. The van der Waals surface area contributed by atoms with Crippen LogP contribution in [0.3, 0.4) is 0 Å². The van der Waals surface area contributed by atoms with E-state index in [1.54, 1.807) is 0 Å². The minimum atomic E-state index is 0.615. The summed E-state index contributed by atoms with van der Waals surface area (Å²) in [6, 6.07) is 0. The standard InChI is InChI=1S/C9H16O/c1-2-4-8-5-3-6-9(10)7-8/h6,8,10H,2-5,7H2,1H3. The Kier molecular flexibility index (Phi) is 2.79. The highest BCUT2D eigenvalue weighted by Gasteiger charge is 2.12. The maximum absolute atomic E-state index is 9.17. The van der Waals surface area contributed by atoms with E-state index in [9.17, 15) is 0 Å². The minimum absolute atomic E-state index is 0.615. The maximum atomic E-state index is 9.17. The van der Waals surface area contributed by atoms with Gasteiger partial charge in [-0.1, -0.05) is 19.8 Å². The van der Waals surface area contributed by atoms with Crippen LogP contribution in [0.5, 0.6) is 0 Å². The second-order valence-electron chi connectivity index (χ2n) is 3.13. The van der Waals surface area contributed by atoms with E-state index >= 15 is 0 Å². The highest BCUT2D eigenvalue weighted by Crippen LogP contribution is 2.25. The number of allylic oxidation sites excluding steroid dienone is 2. The zero-order chi connectivity index (χ0) is 7.40. The molecule has 1 unspecified atom stereocenters. The molecule has 0 aromatic carbocycles. The van der Waals surface area contributed by atoms with Gasteiger partial charge in [0.25, 0.3) is 0 Å². The Morgan fingerprint density at radius 3 is 3.10 bits per heavy atom. The van der Waals surface area contributed by atoms with Crippen molar-refractivity contribution < 1.29 is 5.11 Å². The first-order valence-electron chi connectivity index (χ1n) is 4.21. The zero-order valence-electron chi connectivity index (χ0n) is 6.64. The Morgan fingerprint density at radius 1 is 1.70 bits per heavy atom. The summed E-state index contributed by atoms with van der Waals surface area (Å²) in [5.41, 5.74) is 0. The summed E-state index contributed by atoms with van der Waals surface area (Å²) in [4.78, 5) is 0. The zero-order valence-corrected chi connectivity index (χ0v) is 6.64. The fourth-order valence-electron chi connectivity index (χ4n) is 1.62. The van der Waals surface area contributed by atoms with Gasteiger partial charge in [0.15, 0.2) is 0 Å². The van der Waals surface area contributed by atoms with Crippen molar-refractivity contribution in [3.8, 4) is 0 Å². The third kappa shape index (κ3) is 2.05. The van der Waals surface area contributed by atoms with Gasteiger partial charge >= 0.3 is 0 Å². The summed E-state index contributed by atoms with van der Waals surface area (Å²) in [6.45, 7) is 2.20. The molecule has 0 radical (unpaired) electrons. The average Bonchev–Trinajstić information content (AvgIpc) is 1.88. The highest BCUT2D eigenvalue weighted by atomic mass is 16.3. The van der Waals surface area contributed by atoms with Gasteiger partial charge in [0.05, 0.1) is 5.76 Å². The van der Waals surface area contributed by atoms with E-state index in [4.69, 9.17) is 5.11 Å². The van der Waals surface area contributed by atoms with Crippen molar-refractivity contribution in [2.24, 2.45) is 5.92 Å². The number of hydrogen-bond acceptors (Lipinski definition) is 1. The molecule has 0 aromatic rings. The molecule has 0 heterocycles. The number of aliphatic hydroxyl groups excluding tert-OH is 1. The summed E-state index contributed by atoms with van der Waals surface area (Å²) in [5.74, 6) is 1.37. The Morgan fingerprint density at radius 2 is 2.50 bits per heavy atom. The maximum Gasteiger partial charge on any atom is 0.0885 e. The molecule has 1 aliphatic carbocycles. The lowest BCUT2D eigenvalue weighted by Crippen LogP contribution is -2.05. The molecule has 10 heavy (non-hydrogen) atoms. The van der Waals surface area contributed by atoms with E-state index in [-0.39, 0.29) is 0 Å². The van der Waals surface area contributed by atoms with Crippen molar-refractivity contribution in [1.29, 1.82) is 0 Å². The smallest absolute Gasteiger partial charge is 0.0885 e. The molecular formula is C9H16O. The van der Waals surface area contributed by atoms with Gasteiger partial charge in [0, 0.05) is 6.42 Å². The van der Waals surface area contributed by atoms with Gasteiger partial charge in [-0.05, 0) is 24.8 Å². The van der Waals surface area contributed by atoms with Crippen LogP contribution in [-0.4, -0.2) is 5.11 Å². The Balaban J connectivity index is 2.30. The molecule has 0 saturated carbocycles. The van der Waals surface area contributed by atoms with Crippen molar-refractivity contribution >= 4 is 0 Å². The van der Waals surface area contributed by atoms with Crippen molar-refractivity contribution in [2.45, 2.75) is 39.0 Å². The molecule has 0 bridgehead atoms. The molecule has 0 aromatic heterocycles. The minimum Gasteiger partial charge on any atom is -0.513 e. The first-order valence-corrected chi connectivity index (χ1v) is 4.21. The van der Waals surface area contributed by atoms with Crippen LogP contribution < -0.4 is 0 Å². The predicted octanol–water partition coefficient (Wildman–Crippen LogP) is 3.03. The summed E-state index contributed by atoms with van der Waals surface area (Å²) in [7, 11) is 0. The third-order valence-corrected chi connectivity index (χ3v) is 2.15. The van der Waals surface area contributed by atoms with Gasteiger partial charge in [0.1, 0.15) is 0 Å². The van der Waals surface area contributed by atoms with Crippen molar-refractivity contribution in [2.75, 3.05) is 0 Å². The first kappa shape index (κ1) is 7.64. The number of hydrogen-bond donors (Lipinski definition) is 1. The van der Waals surface area contributed by atoms with Gasteiger partial charge in [-0.2, -0.15) is 0 Å². The summed E-state index contributed by atoms with van der Waals surface area (Å²) >= 11 is 0. The van der Waals surface area contributed by atoms with E-state index in [2.05, 4.69) is 6.92 Å². The number of aliphatic hydroxyl groups is 1. The van der Waals surface area contributed by atoms with Gasteiger partial charge in [-0.3, -0.25) is 0 Å². The molecular weight excluding hydrogens is 124 g/mol. The van der Waals surface area contributed by atoms with Crippen LogP contribution in [0.4, 0.5) is 0 Å². The van der Waals surface area contributed by atoms with E-state index in [0.717, 1.165) is 18.8 Å². The largest absolute Gasteiger partial charge is 0.513 e. The van der Waals surface area contributed by atoms with Crippen molar-refractivity contribution in [1.82, 2.24) is 0 Å². The summed E-state index contributed by atoms with van der Waals surface area (Å²) in [5, 5.41) is 9.17. The van der Waals surface area contributed by atoms with E-state index in [0.29, 0.717) is 5.76 Å². The van der Waals surface area contributed by atoms with Crippen LogP contribution in [0.2, 0.25) is 0 Å². The molecule has 1 heteroatoms. The van der Waals surface area contributed by atoms with Gasteiger partial charge < -0.3 is 5.11 Å². The molecule has 0 spiro atoms. The highest BCUT2D eigenvalue weighted by molar-refractivity contribution is 4.97. The molecule has 1 nitrogen and oxygen atoms in total.